The van der Waals surface area contributed by atoms with E-state index in [4.69, 9.17) is 5.73 Å². The van der Waals surface area contributed by atoms with Crippen LogP contribution in [0.15, 0.2) is 42.0 Å². The maximum absolute atomic E-state index is 14.0. The number of rotatable bonds is 4. The fourth-order valence-electron chi connectivity index (χ4n) is 3.43. The summed E-state index contributed by atoms with van der Waals surface area (Å²) < 4.78 is 28.0. The van der Waals surface area contributed by atoms with Crippen LogP contribution >= 0.6 is 11.3 Å². The summed E-state index contributed by atoms with van der Waals surface area (Å²) in [4.78, 5) is 35.4. The van der Waals surface area contributed by atoms with Gasteiger partial charge in [0.1, 0.15) is 22.3 Å². The Morgan fingerprint density at radius 1 is 1.23 bits per heavy atom. The molecule has 1 aliphatic rings. The number of likely N-dealkylation sites (tertiary alicyclic amines) is 1. The van der Waals surface area contributed by atoms with Crippen molar-refractivity contribution in [1.82, 2.24) is 14.9 Å². The van der Waals surface area contributed by atoms with Crippen molar-refractivity contribution in [2.75, 3.05) is 18.4 Å². The monoisotopic (exact) mass is 443 g/mol. The third-order valence-corrected chi connectivity index (χ3v) is 5.82. The SMILES string of the molecule is NC1CCCN(C(=O)c2ccncc2NC(=O)c2csc(-c3c(F)cccc3F)n2)C1. The van der Waals surface area contributed by atoms with Crippen LogP contribution in [0.2, 0.25) is 0 Å². The molecule has 1 aromatic carbocycles. The van der Waals surface area contributed by atoms with E-state index in [9.17, 15) is 18.4 Å². The smallest absolute Gasteiger partial charge is 0.275 e. The lowest BCUT2D eigenvalue weighted by atomic mass is 10.1. The zero-order valence-electron chi connectivity index (χ0n) is 16.3. The number of nitrogens with one attached hydrogen (secondary N) is 1. The third kappa shape index (κ3) is 4.44. The van der Waals surface area contributed by atoms with Crippen molar-refractivity contribution in [2.45, 2.75) is 18.9 Å². The Labute approximate surface area is 180 Å². The van der Waals surface area contributed by atoms with Crippen molar-refractivity contribution in [3.63, 3.8) is 0 Å². The number of aromatic nitrogens is 2. The number of hydrogen-bond acceptors (Lipinski definition) is 6. The summed E-state index contributed by atoms with van der Waals surface area (Å²) in [6, 6.07) is 4.95. The normalized spacial score (nSPS) is 16.2. The summed E-state index contributed by atoms with van der Waals surface area (Å²) in [6.07, 6.45) is 4.51. The van der Waals surface area contributed by atoms with Gasteiger partial charge in [0.25, 0.3) is 11.8 Å². The van der Waals surface area contributed by atoms with Gasteiger partial charge in [0, 0.05) is 30.7 Å². The van der Waals surface area contributed by atoms with Crippen molar-refractivity contribution in [3.8, 4) is 10.6 Å². The fourth-order valence-corrected chi connectivity index (χ4v) is 4.27. The number of nitrogens with two attached hydrogens (primary N) is 1. The van der Waals surface area contributed by atoms with E-state index in [2.05, 4.69) is 15.3 Å². The lowest BCUT2D eigenvalue weighted by Crippen LogP contribution is -2.45. The lowest BCUT2D eigenvalue weighted by molar-refractivity contribution is 0.0709. The number of anilines is 1. The molecule has 31 heavy (non-hydrogen) atoms. The number of halogens is 2. The molecule has 1 fully saturated rings. The second-order valence-corrected chi connectivity index (χ2v) is 8.02. The minimum absolute atomic E-state index is 0.0232. The van der Waals surface area contributed by atoms with Crippen LogP contribution in [0, 0.1) is 11.6 Å². The van der Waals surface area contributed by atoms with Gasteiger partial charge in [-0.2, -0.15) is 0 Å². The molecule has 3 N–H and O–H groups in total. The van der Waals surface area contributed by atoms with Gasteiger partial charge in [0.15, 0.2) is 0 Å². The second kappa shape index (κ2) is 8.86. The van der Waals surface area contributed by atoms with Gasteiger partial charge in [-0.3, -0.25) is 14.6 Å². The predicted molar refractivity (Wildman–Crippen MR) is 113 cm³/mol. The Hall–Kier alpha value is -3.24. The van der Waals surface area contributed by atoms with E-state index < -0.39 is 17.5 Å². The van der Waals surface area contributed by atoms with Crippen LogP contribution in [-0.2, 0) is 0 Å². The van der Waals surface area contributed by atoms with Crippen LogP contribution in [0.3, 0.4) is 0 Å². The number of pyridine rings is 1. The number of carbonyl (C=O) groups excluding carboxylic acids is 2. The second-order valence-electron chi connectivity index (χ2n) is 7.16. The summed E-state index contributed by atoms with van der Waals surface area (Å²) in [5.74, 6) is -2.39. The summed E-state index contributed by atoms with van der Waals surface area (Å²) in [5, 5.41) is 4.08. The van der Waals surface area contributed by atoms with E-state index in [1.54, 1.807) is 4.90 Å². The van der Waals surface area contributed by atoms with E-state index in [0.29, 0.717) is 13.1 Å². The molecule has 0 bridgehead atoms. The molecular formula is C21H19F2N5O2S. The summed E-state index contributed by atoms with van der Waals surface area (Å²) in [7, 11) is 0. The van der Waals surface area contributed by atoms with Gasteiger partial charge in [-0.05, 0) is 31.0 Å². The number of amides is 2. The first kappa shape index (κ1) is 21.0. The van der Waals surface area contributed by atoms with Gasteiger partial charge in [-0.15, -0.1) is 11.3 Å². The molecule has 10 heteroatoms. The molecule has 1 saturated heterocycles. The van der Waals surface area contributed by atoms with Crippen LogP contribution in [0.4, 0.5) is 14.5 Å². The lowest BCUT2D eigenvalue weighted by Gasteiger charge is -2.31. The highest BCUT2D eigenvalue weighted by Gasteiger charge is 2.25. The molecule has 2 aromatic heterocycles. The first-order valence-corrected chi connectivity index (χ1v) is 10.5. The Morgan fingerprint density at radius 3 is 2.74 bits per heavy atom. The third-order valence-electron chi connectivity index (χ3n) is 4.96. The summed E-state index contributed by atoms with van der Waals surface area (Å²) in [5.41, 5.74) is 6.17. The van der Waals surface area contributed by atoms with Crippen molar-refractivity contribution >= 4 is 28.8 Å². The van der Waals surface area contributed by atoms with E-state index >= 15 is 0 Å². The maximum atomic E-state index is 14.0. The molecule has 4 rings (SSSR count). The molecular weight excluding hydrogens is 424 g/mol. The highest BCUT2D eigenvalue weighted by atomic mass is 32.1. The van der Waals surface area contributed by atoms with Gasteiger partial charge in [0.2, 0.25) is 0 Å². The van der Waals surface area contributed by atoms with Crippen LogP contribution in [0.1, 0.15) is 33.7 Å². The molecule has 1 aliphatic heterocycles. The standard InChI is InChI=1S/C21H19F2N5O2S/c22-14-4-1-5-15(23)18(14)20-27-17(11-31-20)19(29)26-16-9-25-7-6-13(16)21(30)28-8-2-3-12(24)10-28/h1,4-7,9,11-12H,2-3,8,10,24H2,(H,26,29). The number of thiazole rings is 1. The Morgan fingerprint density at radius 2 is 2.00 bits per heavy atom. The van der Waals surface area contributed by atoms with Gasteiger partial charge >= 0.3 is 0 Å². The zero-order valence-corrected chi connectivity index (χ0v) is 17.2. The highest BCUT2D eigenvalue weighted by Crippen LogP contribution is 2.29. The molecule has 1 unspecified atom stereocenters. The van der Waals surface area contributed by atoms with E-state index in [1.807, 2.05) is 0 Å². The number of hydrogen-bond donors (Lipinski definition) is 2. The molecule has 160 valence electrons. The van der Waals surface area contributed by atoms with Crippen molar-refractivity contribution < 1.29 is 18.4 Å². The zero-order chi connectivity index (χ0) is 22.0. The molecule has 3 aromatic rings. The number of benzene rings is 1. The van der Waals surface area contributed by atoms with Crippen molar-refractivity contribution in [1.29, 1.82) is 0 Å². The van der Waals surface area contributed by atoms with E-state index in [1.165, 1.54) is 29.9 Å². The van der Waals surface area contributed by atoms with Crippen LogP contribution in [-0.4, -0.2) is 45.8 Å². The van der Waals surface area contributed by atoms with Gasteiger partial charge < -0.3 is 16.0 Å². The molecule has 2 amide bonds. The van der Waals surface area contributed by atoms with Gasteiger partial charge in [-0.1, -0.05) is 6.07 Å². The van der Waals surface area contributed by atoms with Crippen LogP contribution in [0.5, 0.6) is 0 Å². The number of nitrogens with zero attached hydrogens (tertiary/aromatic N) is 3. The number of piperidine rings is 1. The fraction of sp³-hybridized carbons (Fsp3) is 0.238. The van der Waals surface area contributed by atoms with Crippen molar-refractivity contribution in [2.24, 2.45) is 5.73 Å². The topological polar surface area (TPSA) is 101 Å². The average molecular weight is 443 g/mol. The Bertz CT molecular complexity index is 1120. The first-order valence-electron chi connectivity index (χ1n) is 9.64. The van der Waals surface area contributed by atoms with E-state index in [-0.39, 0.29) is 39.5 Å². The van der Waals surface area contributed by atoms with Crippen molar-refractivity contribution in [3.05, 3.63) is 64.9 Å². The molecule has 0 saturated carbocycles. The quantitative estimate of drug-likeness (QED) is 0.644. The van der Waals surface area contributed by atoms with Crippen LogP contribution < -0.4 is 11.1 Å². The molecule has 7 nitrogen and oxygen atoms in total. The molecule has 3 heterocycles. The molecule has 0 spiro atoms. The predicted octanol–water partition coefficient (Wildman–Crippen LogP) is 3.30. The minimum Gasteiger partial charge on any atom is -0.337 e. The van der Waals surface area contributed by atoms with Gasteiger partial charge in [0.05, 0.1) is 23.0 Å². The molecule has 0 aliphatic carbocycles. The highest BCUT2D eigenvalue weighted by molar-refractivity contribution is 7.13. The molecule has 0 radical (unpaired) electrons. The summed E-state index contributed by atoms with van der Waals surface area (Å²) >= 11 is 0.947. The average Bonchev–Trinajstić information content (AvgIpc) is 3.23. The minimum atomic E-state index is -0.763. The number of carbonyl (C=O) groups is 2. The van der Waals surface area contributed by atoms with E-state index in [0.717, 1.165) is 36.3 Å². The Kier molecular flexibility index (Phi) is 6.01. The molecule has 1 atom stereocenters. The van der Waals surface area contributed by atoms with Crippen LogP contribution in [0.25, 0.3) is 10.6 Å². The maximum Gasteiger partial charge on any atom is 0.275 e. The largest absolute Gasteiger partial charge is 0.337 e. The Balaban J connectivity index is 1.55. The summed E-state index contributed by atoms with van der Waals surface area (Å²) in [6.45, 7) is 1.03. The van der Waals surface area contributed by atoms with Gasteiger partial charge in [-0.25, -0.2) is 13.8 Å². The first-order chi connectivity index (χ1) is 14.9.